The van der Waals surface area contributed by atoms with Crippen molar-refractivity contribution in [1.82, 2.24) is 19.6 Å². The highest BCUT2D eigenvalue weighted by molar-refractivity contribution is 6.05. The van der Waals surface area contributed by atoms with Gasteiger partial charge in [0, 0.05) is 30.6 Å². The summed E-state index contributed by atoms with van der Waals surface area (Å²) in [6.45, 7) is 6.10. The van der Waals surface area contributed by atoms with Crippen molar-refractivity contribution >= 4 is 28.9 Å². The van der Waals surface area contributed by atoms with Gasteiger partial charge in [-0.25, -0.2) is 9.48 Å². The summed E-state index contributed by atoms with van der Waals surface area (Å²) in [7, 11) is 0. The number of piperidine rings is 1. The van der Waals surface area contributed by atoms with Crippen molar-refractivity contribution in [2.75, 3.05) is 32.8 Å². The van der Waals surface area contributed by atoms with Crippen LogP contribution in [0.2, 0.25) is 0 Å². The number of nitrogens with zero attached hydrogens (tertiary/aromatic N) is 4. The third kappa shape index (κ3) is 5.00. The first-order valence-corrected chi connectivity index (χ1v) is 12.6. The number of hydrogen-bond acceptors (Lipinski definition) is 5. The molecule has 182 valence electrons. The minimum Gasteiger partial charge on any atom is -0.463 e. The monoisotopic (exact) mass is 472 g/mol. The van der Waals surface area contributed by atoms with Crippen molar-refractivity contribution in [3.63, 3.8) is 0 Å². The van der Waals surface area contributed by atoms with Crippen molar-refractivity contribution in [2.45, 2.75) is 38.6 Å². The third-order valence-corrected chi connectivity index (χ3v) is 7.03. The Kier molecular flexibility index (Phi) is 6.95. The second-order valence-electron chi connectivity index (χ2n) is 9.22. The van der Waals surface area contributed by atoms with E-state index in [1.807, 2.05) is 58.1 Å². The molecule has 35 heavy (non-hydrogen) atoms. The van der Waals surface area contributed by atoms with E-state index in [9.17, 15) is 9.59 Å². The minimum absolute atomic E-state index is 0.00816. The number of benzene rings is 2. The number of amides is 1. The molecule has 2 fully saturated rings. The van der Waals surface area contributed by atoms with Gasteiger partial charge in [-0.05, 0) is 75.5 Å². The summed E-state index contributed by atoms with van der Waals surface area (Å²) in [5, 5.41) is 5.65. The zero-order valence-electron chi connectivity index (χ0n) is 20.2. The molecule has 0 aliphatic carbocycles. The molecule has 1 amide bonds. The van der Waals surface area contributed by atoms with Crippen molar-refractivity contribution in [3.8, 4) is 5.69 Å². The van der Waals surface area contributed by atoms with Gasteiger partial charge in [0.15, 0.2) is 5.69 Å². The van der Waals surface area contributed by atoms with Gasteiger partial charge in [0.25, 0.3) is 5.91 Å². The predicted molar refractivity (Wildman–Crippen MR) is 136 cm³/mol. The number of fused-ring (bicyclic) bond motifs is 1. The topological polar surface area (TPSA) is 67.7 Å². The fourth-order valence-electron chi connectivity index (χ4n) is 5.19. The fourth-order valence-corrected chi connectivity index (χ4v) is 5.19. The van der Waals surface area contributed by atoms with E-state index in [1.165, 1.54) is 32.0 Å². The Balaban J connectivity index is 1.35. The van der Waals surface area contributed by atoms with E-state index in [-0.39, 0.29) is 11.9 Å². The maximum atomic E-state index is 13.5. The molecule has 5 rings (SSSR count). The van der Waals surface area contributed by atoms with Crippen molar-refractivity contribution in [1.29, 1.82) is 0 Å². The Labute approximate surface area is 206 Å². The summed E-state index contributed by atoms with van der Waals surface area (Å²) in [5.74, 6) is -0.351. The van der Waals surface area contributed by atoms with Crippen LogP contribution in [0, 0.1) is 0 Å². The Morgan fingerprint density at radius 3 is 2.43 bits per heavy atom. The van der Waals surface area contributed by atoms with E-state index >= 15 is 0 Å². The van der Waals surface area contributed by atoms with Crippen LogP contribution in [0.15, 0.2) is 54.6 Å². The maximum Gasteiger partial charge on any atom is 0.330 e. The van der Waals surface area contributed by atoms with Gasteiger partial charge in [-0.1, -0.05) is 30.3 Å². The van der Waals surface area contributed by atoms with Gasteiger partial charge in [0.1, 0.15) is 0 Å². The summed E-state index contributed by atoms with van der Waals surface area (Å²) in [6.07, 6.45) is 7.81. The zero-order chi connectivity index (χ0) is 24.2. The van der Waals surface area contributed by atoms with Crippen LogP contribution in [0.25, 0.3) is 22.7 Å². The van der Waals surface area contributed by atoms with Gasteiger partial charge >= 0.3 is 5.97 Å². The summed E-state index contributed by atoms with van der Waals surface area (Å²) >= 11 is 0. The summed E-state index contributed by atoms with van der Waals surface area (Å²) in [5.41, 5.74) is 3.15. The standard InChI is InChI=1S/C28H32N4O3/c1-2-35-26(33)14-11-21-9-12-23(13-10-21)32-25-8-4-3-7-24(25)27(29-32)28(34)31-19-15-22(16-20-31)30-17-5-6-18-30/h3-4,7-14,22H,2,5-6,15-20H2,1H3/b14-11+. The molecule has 0 saturated carbocycles. The molecule has 2 aromatic carbocycles. The number of rotatable bonds is 6. The maximum absolute atomic E-state index is 13.5. The number of ether oxygens (including phenoxy) is 1. The lowest BCUT2D eigenvalue weighted by molar-refractivity contribution is -0.137. The number of para-hydroxylation sites is 1. The largest absolute Gasteiger partial charge is 0.463 e. The average molecular weight is 473 g/mol. The van der Waals surface area contributed by atoms with Gasteiger partial charge in [-0.3, -0.25) is 4.79 Å². The molecule has 7 heteroatoms. The molecular formula is C28H32N4O3. The van der Waals surface area contributed by atoms with E-state index in [2.05, 4.69) is 4.90 Å². The Bertz CT molecular complexity index is 1220. The molecule has 0 N–H and O–H groups in total. The molecule has 0 bridgehead atoms. The molecule has 0 radical (unpaired) electrons. The van der Waals surface area contributed by atoms with Gasteiger partial charge in [0.2, 0.25) is 0 Å². The number of aromatic nitrogens is 2. The molecule has 3 heterocycles. The molecule has 0 atom stereocenters. The van der Waals surface area contributed by atoms with E-state index in [0.29, 0.717) is 18.3 Å². The van der Waals surface area contributed by atoms with Crippen LogP contribution >= 0.6 is 0 Å². The van der Waals surface area contributed by atoms with Crippen molar-refractivity contribution < 1.29 is 14.3 Å². The Hall–Kier alpha value is -3.45. The van der Waals surface area contributed by atoms with Crippen molar-refractivity contribution in [3.05, 3.63) is 65.9 Å². The number of likely N-dealkylation sites (tertiary alicyclic amines) is 2. The Morgan fingerprint density at radius 2 is 1.71 bits per heavy atom. The zero-order valence-corrected chi connectivity index (χ0v) is 20.2. The molecule has 2 saturated heterocycles. The van der Waals surface area contributed by atoms with Gasteiger partial charge in [0.05, 0.1) is 17.8 Å². The molecule has 7 nitrogen and oxygen atoms in total. The highest BCUT2D eigenvalue weighted by atomic mass is 16.5. The first kappa shape index (κ1) is 23.3. The second kappa shape index (κ2) is 10.4. The van der Waals surface area contributed by atoms with Gasteiger partial charge in [-0.2, -0.15) is 5.10 Å². The van der Waals surface area contributed by atoms with Gasteiger partial charge < -0.3 is 14.5 Å². The molecule has 0 unspecified atom stereocenters. The number of esters is 1. The lowest BCUT2D eigenvalue weighted by Crippen LogP contribution is -2.46. The van der Waals surface area contributed by atoms with Crippen LogP contribution < -0.4 is 0 Å². The first-order chi connectivity index (χ1) is 17.1. The van der Waals surface area contributed by atoms with E-state index in [1.54, 1.807) is 13.0 Å². The molecule has 2 aliphatic rings. The fraction of sp³-hybridized carbons (Fsp3) is 0.393. The number of carbonyl (C=O) groups is 2. The van der Waals surface area contributed by atoms with Crippen molar-refractivity contribution in [2.24, 2.45) is 0 Å². The number of hydrogen-bond donors (Lipinski definition) is 0. The average Bonchev–Trinajstić information content (AvgIpc) is 3.57. The van der Waals surface area contributed by atoms with Crippen LogP contribution in [-0.2, 0) is 9.53 Å². The highest BCUT2D eigenvalue weighted by Crippen LogP contribution is 2.26. The van der Waals surface area contributed by atoms with Crippen LogP contribution in [0.4, 0.5) is 0 Å². The minimum atomic E-state index is -0.359. The van der Waals surface area contributed by atoms with E-state index < -0.39 is 0 Å². The third-order valence-electron chi connectivity index (χ3n) is 7.03. The van der Waals surface area contributed by atoms with Crippen LogP contribution in [0.1, 0.15) is 48.7 Å². The Morgan fingerprint density at radius 1 is 1.00 bits per heavy atom. The first-order valence-electron chi connectivity index (χ1n) is 12.6. The highest BCUT2D eigenvalue weighted by Gasteiger charge is 2.30. The summed E-state index contributed by atoms with van der Waals surface area (Å²) < 4.78 is 6.77. The smallest absolute Gasteiger partial charge is 0.330 e. The molecule has 0 spiro atoms. The van der Waals surface area contributed by atoms with Gasteiger partial charge in [-0.15, -0.1) is 0 Å². The predicted octanol–water partition coefficient (Wildman–Crippen LogP) is 4.30. The van der Waals surface area contributed by atoms with E-state index in [4.69, 9.17) is 9.84 Å². The SMILES string of the molecule is CCOC(=O)/C=C/c1ccc(-n2nc(C(=O)N3CCC(N4CCCC4)CC3)c3ccccc32)cc1. The summed E-state index contributed by atoms with van der Waals surface area (Å²) in [4.78, 5) is 29.7. The quantitative estimate of drug-likeness (QED) is 0.395. The summed E-state index contributed by atoms with van der Waals surface area (Å²) in [6, 6.07) is 16.2. The molecule has 1 aromatic heterocycles. The lowest BCUT2D eigenvalue weighted by Gasteiger charge is -2.36. The molecule has 2 aliphatic heterocycles. The molecule has 3 aromatic rings. The number of carbonyl (C=O) groups excluding carboxylic acids is 2. The molecular weight excluding hydrogens is 440 g/mol. The lowest BCUT2D eigenvalue weighted by atomic mass is 10.0. The second-order valence-corrected chi connectivity index (χ2v) is 9.22. The normalized spacial score (nSPS) is 17.5. The van der Waals surface area contributed by atoms with Crippen LogP contribution in [0.5, 0.6) is 0 Å². The van der Waals surface area contributed by atoms with E-state index in [0.717, 1.165) is 48.1 Å². The van der Waals surface area contributed by atoms with Crippen LogP contribution in [-0.4, -0.2) is 70.3 Å². The van der Waals surface area contributed by atoms with Crippen LogP contribution in [0.3, 0.4) is 0 Å².